The van der Waals surface area contributed by atoms with Crippen LogP contribution in [0.1, 0.15) is 60.8 Å². The molecule has 2 saturated heterocycles. The highest BCUT2D eigenvalue weighted by atomic mass is 16.7. The molecule has 0 saturated carbocycles. The number of hydrogen-bond acceptors (Lipinski definition) is 5. The van der Waals surface area contributed by atoms with Crippen LogP contribution in [-0.4, -0.2) is 53.7 Å². The monoisotopic (exact) mass is 368 g/mol. The topological polar surface area (TPSA) is 84.9 Å². The first-order chi connectivity index (χ1) is 12.0. The molecule has 2 fully saturated rings. The van der Waals surface area contributed by atoms with Gasteiger partial charge in [0.25, 0.3) is 0 Å². The van der Waals surface area contributed by atoms with Gasteiger partial charge in [0, 0.05) is 19.1 Å². The predicted octanol–water partition coefficient (Wildman–Crippen LogP) is 1.84. The molecule has 2 rings (SSSR count). The van der Waals surface area contributed by atoms with Gasteiger partial charge in [-0.1, -0.05) is 27.7 Å². The minimum atomic E-state index is -0.760. The van der Waals surface area contributed by atoms with Crippen molar-refractivity contribution in [2.24, 2.45) is 11.3 Å². The Morgan fingerprint density at radius 2 is 1.96 bits per heavy atom. The number of carbonyl (C=O) groups is 3. The highest BCUT2D eigenvalue weighted by molar-refractivity contribution is 5.89. The number of nitrogens with zero attached hydrogens (tertiary/aromatic N) is 1. The Bertz CT molecular complexity index is 557. The van der Waals surface area contributed by atoms with Crippen molar-refractivity contribution in [3.63, 3.8) is 0 Å². The fourth-order valence-electron chi connectivity index (χ4n) is 3.90. The number of esters is 1. The van der Waals surface area contributed by atoms with Gasteiger partial charge in [0.05, 0.1) is 6.42 Å². The van der Waals surface area contributed by atoms with E-state index in [0.717, 1.165) is 6.42 Å². The third-order valence-electron chi connectivity index (χ3n) is 4.89. The molecule has 2 aliphatic heterocycles. The maximum absolute atomic E-state index is 13.0. The van der Waals surface area contributed by atoms with Crippen molar-refractivity contribution in [3.05, 3.63) is 0 Å². The van der Waals surface area contributed by atoms with Crippen LogP contribution in [0.25, 0.3) is 0 Å². The smallest absolute Gasteiger partial charge is 0.310 e. The fraction of sp³-hybridized carbons (Fsp3) is 0.842. The number of rotatable bonds is 5. The lowest BCUT2D eigenvalue weighted by Crippen LogP contribution is -2.54. The number of amides is 2. The van der Waals surface area contributed by atoms with Crippen LogP contribution in [-0.2, 0) is 23.9 Å². The lowest BCUT2D eigenvalue weighted by Gasteiger charge is -2.32. The lowest BCUT2D eigenvalue weighted by molar-refractivity contribution is -0.164. The standard InChI is InChI=1S/C19H32N2O5/c1-7-25-18-13(9-15(23)26-18)20-17(24)16-11(2)8-12(3)21(16)14(22)10-19(4,5)6/h11-13,16,18H,7-10H2,1-6H3,(H,20,24)/t11-,12?,13-,16-,18+/m0/s1. The third-order valence-corrected chi connectivity index (χ3v) is 4.89. The van der Waals surface area contributed by atoms with Crippen molar-refractivity contribution in [1.82, 2.24) is 10.2 Å². The molecular weight excluding hydrogens is 336 g/mol. The number of hydrogen-bond donors (Lipinski definition) is 1. The molecule has 0 aliphatic carbocycles. The Morgan fingerprint density at radius 3 is 2.54 bits per heavy atom. The first-order valence-electron chi connectivity index (χ1n) is 9.46. The van der Waals surface area contributed by atoms with Gasteiger partial charge in [-0.2, -0.15) is 0 Å². The first-order valence-corrected chi connectivity index (χ1v) is 9.46. The Kier molecular flexibility index (Phi) is 6.32. The summed E-state index contributed by atoms with van der Waals surface area (Å²) in [4.78, 5) is 39.1. The van der Waals surface area contributed by atoms with Gasteiger partial charge in [-0.05, 0) is 31.6 Å². The SMILES string of the molecule is CCO[C@@H]1OC(=O)C[C@@H]1NC(=O)[C@@H]1[C@@H](C)CC(C)N1C(=O)CC(C)(C)C. The zero-order valence-corrected chi connectivity index (χ0v) is 16.7. The van der Waals surface area contributed by atoms with Gasteiger partial charge in [-0.15, -0.1) is 0 Å². The van der Waals surface area contributed by atoms with E-state index in [0.29, 0.717) is 13.0 Å². The Balaban J connectivity index is 2.11. The molecule has 2 amide bonds. The van der Waals surface area contributed by atoms with Crippen LogP contribution in [0.4, 0.5) is 0 Å². The van der Waals surface area contributed by atoms with Crippen LogP contribution in [0.15, 0.2) is 0 Å². The summed E-state index contributed by atoms with van der Waals surface area (Å²) >= 11 is 0. The van der Waals surface area contributed by atoms with Crippen molar-refractivity contribution >= 4 is 17.8 Å². The van der Waals surface area contributed by atoms with Gasteiger partial charge < -0.3 is 19.7 Å². The molecule has 7 heteroatoms. The van der Waals surface area contributed by atoms with Crippen LogP contribution in [0.3, 0.4) is 0 Å². The van der Waals surface area contributed by atoms with E-state index in [1.54, 1.807) is 11.8 Å². The second-order valence-electron chi connectivity index (χ2n) is 8.68. The van der Waals surface area contributed by atoms with E-state index in [1.165, 1.54) is 0 Å². The Hall–Kier alpha value is -1.63. The van der Waals surface area contributed by atoms with E-state index in [9.17, 15) is 14.4 Å². The van der Waals surface area contributed by atoms with Crippen molar-refractivity contribution < 1.29 is 23.9 Å². The number of nitrogens with one attached hydrogen (secondary N) is 1. The van der Waals surface area contributed by atoms with Crippen LogP contribution < -0.4 is 5.32 Å². The maximum atomic E-state index is 13.0. The number of ether oxygens (including phenoxy) is 2. The second kappa shape index (κ2) is 7.94. The molecule has 0 bridgehead atoms. The minimum Gasteiger partial charge on any atom is -0.433 e. The van der Waals surface area contributed by atoms with Crippen molar-refractivity contribution in [2.75, 3.05) is 6.61 Å². The summed E-state index contributed by atoms with van der Waals surface area (Å²) in [5, 5.41) is 2.88. The summed E-state index contributed by atoms with van der Waals surface area (Å²) < 4.78 is 10.5. The molecule has 1 unspecified atom stereocenters. The quantitative estimate of drug-likeness (QED) is 0.749. The molecule has 2 heterocycles. The molecule has 148 valence electrons. The highest BCUT2D eigenvalue weighted by Gasteiger charge is 2.46. The summed E-state index contributed by atoms with van der Waals surface area (Å²) in [6.07, 6.45) is 0.496. The molecule has 2 aliphatic rings. The van der Waals surface area contributed by atoms with Gasteiger partial charge in [0.2, 0.25) is 18.1 Å². The largest absolute Gasteiger partial charge is 0.433 e. The molecule has 5 atom stereocenters. The van der Waals surface area contributed by atoms with Gasteiger partial charge in [-0.25, -0.2) is 0 Å². The molecular formula is C19H32N2O5. The number of likely N-dealkylation sites (tertiary alicyclic amines) is 1. The van der Waals surface area contributed by atoms with Crippen molar-refractivity contribution in [3.8, 4) is 0 Å². The molecule has 26 heavy (non-hydrogen) atoms. The van der Waals surface area contributed by atoms with Crippen LogP contribution in [0, 0.1) is 11.3 Å². The highest BCUT2D eigenvalue weighted by Crippen LogP contribution is 2.33. The summed E-state index contributed by atoms with van der Waals surface area (Å²) in [5.41, 5.74) is -0.143. The van der Waals surface area contributed by atoms with Crippen molar-refractivity contribution in [2.45, 2.75) is 85.2 Å². The van der Waals surface area contributed by atoms with Crippen LogP contribution in [0.5, 0.6) is 0 Å². The lowest BCUT2D eigenvalue weighted by atomic mass is 9.91. The van der Waals surface area contributed by atoms with Crippen molar-refractivity contribution in [1.29, 1.82) is 0 Å². The molecule has 0 aromatic heterocycles. The van der Waals surface area contributed by atoms with E-state index in [-0.39, 0.29) is 41.6 Å². The summed E-state index contributed by atoms with van der Waals surface area (Å²) in [7, 11) is 0. The van der Waals surface area contributed by atoms with E-state index >= 15 is 0 Å². The molecule has 0 spiro atoms. The Labute approximate surface area is 155 Å². The van der Waals surface area contributed by atoms with Gasteiger partial charge in [0.15, 0.2) is 0 Å². The zero-order chi connectivity index (χ0) is 19.6. The third kappa shape index (κ3) is 4.75. The van der Waals surface area contributed by atoms with Gasteiger partial charge >= 0.3 is 5.97 Å². The van der Waals surface area contributed by atoms with E-state index in [2.05, 4.69) is 5.32 Å². The minimum absolute atomic E-state index is 0.00499. The van der Waals surface area contributed by atoms with Crippen LogP contribution in [0.2, 0.25) is 0 Å². The van der Waals surface area contributed by atoms with Gasteiger partial charge in [-0.3, -0.25) is 14.4 Å². The number of carbonyl (C=O) groups excluding carboxylic acids is 3. The van der Waals surface area contributed by atoms with Crippen LogP contribution >= 0.6 is 0 Å². The molecule has 0 aromatic carbocycles. The average Bonchev–Trinajstić information content (AvgIpc) is 2.96. The summed E-state index contributed by atoms with van der Waals surface area (Å²) in [5.74, 6) is -0.577. The van der Waals surface area contributed by atoms with E-state index in [1.807, 2.05) is 34.6 Å². The molecule has 7 nitrogen and oxygen atoms in total. The number of cyclic esters (lactones) is 1. The van der Waals surface area contributed by atoms with Gasteiger partial charge in [0.1, 0.15) is 12.1 Å². The molecule has 1 N–H and O–H groups in total. The maximum Gasteiger partial charge on any atom is 0.310 e. The second-order valence-corrected chi connectivity index (χ2v) is 8.68. The molecule has 0 radical (unpaired) electrons. The average molecular weight is 368 g/mol. The Morgan fingerprint density at radius 1 is 1.31 bits per heavy atom. The molecule has 0 aromatic rings. The fourth-order valence-corrected chi connectivity index (χ4v) is 3.90. The zero-order valence-electron chi connectivity index (χ0n) is 16.7. The summed E-state index contributed by atoms with van der Waals surface area (Å²) in [6.45, 7) is 12.2. The first kappa shape index (κ1) is 20.7. The normalized spacial score (nSPS) is 31.8. The predicted molar refractivity (Wildman–Crippen MR) is 96.0 cm³/mol. The van der Waals surface area contributed by atoms with E-state index < -0.39 is 18.4 Å². The summed E-state index contributed by atoms with van der Waals surface area (Å²) in [6, 6.07) is -1.03. The van der Waals surface area contributed by atoms with E-state index in [4.69, 9.17) is 9.47 Å².